The SMILES string of the molecule is CN(CCc1ccccc1)C1CCN(C(=S)Nc2ccccc2)CC1. The quantitative estimate of drug-likeness (QED) is 0.818. The van der Waals surface area contributed by atoms with E-state index in [9.17, 15) is 0 Å². The molecule has 1 N–H and O–H groups in total. The van der Waals surface area contributed by atoms with Gasteiger partial charge in [-0.25, -0.2) is 0 Å². The smallest absolute Gasteiger partial charge is 0.173 e. The Morgan fingerprint density at radius 1 is 1.04 bits per heavy atom. The van der Waals surface area contributed by atoms with Gasteiger partial charge >= 0.3 is 0 Å². The largest absolute Gasteiger partial charge is 0.349 e. The van der Waals surface area contributed by atoms with Gasteiger partial charge in [0.15, 0.2) is 5.11 Å². The van der Waals surface area contributed by atoms with E-state index in [1.807, 2.05) is 18.2 Å². The Kier molecular flexibility index (Phi) is 6.42. The number of hydrogen-bond acceptors (Lipinski definition) is 2. The molecule has 0 atom stereocenters. The third-order valence-electron chi connectivity index (χ3n) is 5.00. The maximum atomic E-state index is 5.58. The molecule has 1 heterocycles. The van der Waals surface area contributed by atoms with E-state index in [1.54, 1.807) is 0 Å². The van der Waals surface area contributed by atoms with E-state index in [2.05, 4.69) is 64.6 Å². The first kappa shape index (κ1) is 17.9. The van der Waals surface area contributed by atoms with Crippen LogP contribution in [0.4, 0.5) is 5.69 Å². The van der Waals surface area contributed by atoms with Crippen molar-refractivity contribution in [2.24, 2.45) is 0 Å². The van der Waals surface area contributed by atoms with Gasteiger partial charge in [0.2, 0.25) is 0 Å². The molecule has 4 heteroatoms. The predicted octanol–water partition coefficient (Wildman–Crippen LogP) is 4.02. The zero-order valence-electron chi connectivity index (χ0n) is 14.9. The summed E-state index contributed by atoms with van der Waals surface area (Å²) in [4.78, 5) is 4.81. The highest BCUT2D eigenvalue weighted by atomic mass is 32.1. The Hall–Kier alpha value is -1.91. The first-order chi connectivity index (χ1) is 12.2. The summed E-state index contributed by atoms with van der Waals surface area (Å²) in [5, 5.41) is 4.19. The molecule has 2 aromatic carbocycles. The van der Waals surface area contributed by atoms with Gasteiger partial charge in [-0.15, -0.1) is 0 Å². The summed E-state index contributed by atoms with van der Waals surface area (Å²) in [7, 11) is 2.25. The average molecular weight is 354 g/mol. The summed E-state index contributed by atoms with van der Waals surface area (Å²) in [5.41, 5.74) is 2.48. The van der Waals surface area contributed by atoms with Crippen LogP contribution in [0.15, 0.2) is 60.7 Å². The van der Waals surface area contributed by atoms with E-state index >= 15 is 0 Å². The van der Waals surface area contributed by atoms with E-state index in [-0.39, 0.29) is 0 Å². The fraction of sp³-hybridized carbons (Fsp3) is 0.381. The molecular weight excluding hydrogens is 326 g/mol. The second-order valence-corrected chi connectivity index (χ2v) is 7.12. The molecule has 0 radical (unpaired) electrons. The molecule has 0 aromatic heterocycles. The molecule has 2 aromatic rings. The predicted molar refractivity (Wildman–Crippen MR) is 110 cm³/mol. The molecule has 0 saturated carbocycles. The zero-order chi connectivity index (χ0) is 17.5. The number of likely N-dealkylation sites (N-methyl/N-ethyl adjacent to an activating group) is 1. The van der Waals surface area contributed by atoms with E-state index in [0.29, 0.717) is 6.04 Å². The number of anilines is 1. The fourth-order valence-corrected chi connectivity index (χ4v) is 3.67. The minimum atomic E-state index is 0.652. The van der Waals surface area contributed by atoms with Crippen molar-refractivity contribution in [2.75, 3.05) is 32.0 Å². The Morgan fingerprint density at radius 3 is 2.28 bits per heavy atom. The number of benzene rings is 2. The van der Waals surface area contributed by atoms with Crippen LogP contribution in [-0.4, -0.2) is 47.6 Å². The van der Waals surface area contributed by atoms with Crippen LogP contribution in [0.1, 0.15) is 18.4 Å². The average Bonchev–Trinajstić information content (AvgIpc) is 2.68. The molecule has 1 saturated heterocycles. The topological polar surface area (TPSA) is 18.5 Å². The second kappa shape index (κ2) is 8.97. The molecule has 25 heavy (non-hydrogen) atoms. The summed E-state index contributed by atoms with van der Waals surface area (Å²) in [6.45, 7) is 3.17. The minimum absolute atomic E-state index is 0.652. The van der Waals surface area contributed by atoms with Crippen molar-refractivity contribution >= 4 is 23.0 Å². The number of rotatable bonds is 5. The van der Waals surface area contributed by atoms with Gasteiger partial charge in [-0.05, 0) is 56.2 Å². The van der Waals surface area contributed by atoms with E-state index < -0.39 is 0 Å². The van der Waals surface area contributed by atoms with Crippen molar-refractivity contribution in [3.63, 3.8) is 0 Å². The van der Waals surface area contributed by atoms with E-state index in [4.69, 9.17) is 12.2 Å². The van der Waals surface area contributed by atoms with Crippen LogP contribution in [0.5, 0.6) is 0 Å². The highest BCUT2D eigenvalue weighted by Crippen LogP contribution is 2.17. The van der Waals surface area contributed by atoms with Crippen molar-refractivity contribution in [1.82, 2.24) is 9.80 Å². The van der Waals surface area contributed by atoms with Gasteiger partial charge < -0.3 is 15.1 Å². The normalized spacial score (nSPS) is 15.4. The summed E-state index contributed by atoms with van der Waals surface area (Å²) >= 11 is 5.58. The molecule has 0 bridgehead atoms. The van der Waals surface area contributed by atoms with Gasteiger partial charge in [-0.1, -0.05) is 48.5 Å². The lowest BCUT2D eigenvalue weighted by Gasteiger charge is -2.38. The van der Waals surface area contributed by atoms with Gasteiger partial charge in [-0.3, -0.25) is 0 Å². The maximum Gasteiger partial charge on any atom is 0.173 e. The summed E-state index contributed by atoms with van der Waals surface area (Å²) in [6, 6.07) is 21.6. The molecular formula is C21H27N3S. The number of nitrogens with zero attached hydrogens (tertiary/aromatic N) is 2. The number of likely N-dealkylation sites (tertiary alicyclic amines) is 1. The third kappa shape index (κ3) is 5.28. The van der Waals surface area contributed by atoms with Crippen LogP contribution in [-0.2, 0) is 6.42 Å². The molecule has 132 valence electrons. The van der Waals surface area contributed by atoms with Gasteiger partial charge in [0.25, 0.3) is 0 Å². The fourth-order valence-electron chi connectivity index (χ4n) is 3.37. The maximum absolute atomic E-state index is 5.58. The first-order valence-corrected chi connectivity index (χ1v) is 9.48. The summed E-state index contributed by atoms with van der Waals surface area (Å²) < 4.78 is 0. The van der Waals surface area contributed by atoms with Crippen LogP contribution >= 0.6 is 12.2 Å². The van der Waals surface area contributed by atoms with Gasteiger partial charge in [0.1, 0.15) is 0 Å². The van der Waals surface area contributed by atoms with Crippen molar-refractivity contribution in [3.05, 3.63) is 66.2 Å². The molecule has 1 fully saturated rings. The van der Waals surface area contributed by atoms with Crippen LogP contribution in [0.3, 0.4) is 0 Å². The molecule has 0 spiro atoms. The molecule has 1 aliphatic rings. The second-order valence-electron chi connectivity index (χ2n) is 6.73. The summed E-state index contributed by atoms with van der Waals surface area (Å²) in [5.74, 6) is 0. The number of para-hydroxylation sites is 1. The van der Waals surface area contributed by atoms with Crippen LogP contribution < -0.4 is 5.32 Å². The summed E-state index contributed by atoms with van der Waals surface area (Å²) in [6.07, 6.45) is 3.45. The van der Waals surface area contributed by atoms with Crippen molar-refractivity contribution in [1.29, 1.82) is 0 Å². The molecule has 0 unspecified atom stereocenters. The van der Waals surface area contributed by atoms with Crippen molar-refractivity contribution < 1.29 is 0 Å². The van der Waals surface area contributed by atoms with Crippen molar-refractivity contribution in [2.45, 2.75) is 25.3 Å². The minimum Gasteiger partial charge on any atom is -0.349 e. The van der Waals surface area contributed by atoms with Crippen LogP contribution in [0.2, 0.25) is 0 Å². The number of hydrogen-bond donors (Lipinski definition) is 1. The lowest BCUT2D eigenvalue weighted by atomic mass is 10.0. The Morgan fingerprint density at radius 2 is 1.64 bits per heavy atom. The van der Waals surface area contributed by atoms with E-state index in [0.717, 1.165) is 36.9 Å². The Bertz CT molecular complexity index is 651. The number of piperidine rings is 1. The molecule has 0 aliphatic carbocycles. The Balaban J connectivity index is 1.42. The third-order valence-corrected chi connectivity index (χ3v) is 5.36. The van der Waals surface area contributed by atoms with Crippen molar-refractivity contribution in [3.8, 4) is 0 Å². The first-order valence-electron chi connectivity index (χ1n) is 9.07. The molecule has 3 rings (SSSR count). The Labute approximate surface area is 156 Å². The highest BCUT2D eigenvalue weighted by molar-refractivity contribution is 7.80. The molecule has 3 nitrogen and oxygen atoms in total. The lowest BCUT2D eigenvalue weighted by molar-refractivity contribution is 0.166. The zero-order valence-corrected chi connectivity index (χ0v) is 15.7. The number of nitrogens with one attached hydrogen (secondary N) is 1. The van der Waals surface area contributed by atoms with Gasteiger partial charge in [0.05, 0.1) is 0 Å². The van der Waals surface area contributed by atoms with E-state index in [1.165, 1.54) is 18.4 Å². The van der Waals surface area contributed by atoms with Crippen LogP contribution in [0.25, 0.3) is 0 Å². The van der Waals surface area contributed by atoms with Gasteiger partial charge in [0, 0.05) is 31.4 Å². The van der Waals surface area contributed by atoms with Gasteiger partial charge in [-0.2, -0.15) is 0 Å². The van der Waals surface area contributed by atoms with Crippen LogP contribution in [0, 0.1) is 0 Å². The number of thiocarbonyl (C=S) groups is 1. The highest BCUT2D eigenvalue weighted by Gasteiger charge is 2.23. The standard InChI is InChI=1S/C21H27N3S/c1-23(15-12-18-8-4-2-5-9-18)20-13-16-24(17-14-20)21(25)22-19-10-6-3-7-11-19/h2-11,20H,12-17H2,1H3,(H,22,25). The monoisotopic (exact) mass is 353 g/mol. The molecule has 0 amide bonds. The molecule has 1 aliphatic heterocycles. The lowest BCUT2D eigenvalue weighted by Crippen LogP contribution is -2.47.